The van der Waals surface area contributed by atoms with E-state index in [2.05, 4.69) is 26.7 Å². The summed E-state index contributed by atoms with van der Waals surface area (Å²) in [5, 5.41) is 11.3. The zero-order valence-electron chi connectivity index (χ0n) is 15.4. The Morgan fingerprint density at radius 3 is 2.52 bits per heavy atom. The molecule has 2 aromatic heterocycles. The van der Waals surface area contributed by atoms with Crippen LogP contribution in [-0.2, 0) is 0 Å². The minimum Gasteiger partial charge on any atom is -0.322 e. The van der Waals surface area contributed by atoms with Gasteiger partial charge >= 0.3 is 0 Å². The lowest BCUT2D eigenvalue weighted by atomic mass is 10.1. The number of aryl methyl sites for hydroxylation is 3. The first-order chi connectivity index (χ1) is 13.0. The van der Waals surface area contributed by atoms with Gasteiger partial charge in [-0.3, -0.25) is 4.79 Å². The number of amides is 1. The molecule has 0 saturated heterocycles. The smallest absolute Gasteiger partial charge is 0.255 e. The summed E-state index contributed by atoms with van der Waals surface area (Å²) in [4.78, 5) is 17.0. The first-order valence-corrected chi connectivity index (χ1v) is 8.68. The Kier molecular flexibility index (Phi) is 4.16. The molecule has 4 rings (SSSR count). The number of hydrogen-bond acceptors (Lipinski definition) is 4. The fraction of sp³-hybridized carbons (Fsp3) is 0.143. The zero-order chi connectivity index (χ0) is 19.0. The number of nitrogens with zero attached hydrogens (tertiary/aromatic N) is 4. The molecule has 0 saturated carbocycles. The summed E-state index contributed by atoms with van der Waals surface area (Å²) in [6, 6.07) is 15.2. The van der Waals surface area contributed by atoms with Crippen molar-refractivity contribution < 1.29 is 4.79 Å². The molecule has 0 bridgehead atoms. The quantitative estimate of drug-likeness (QED) is 0.602. The van der Waals surface area contributed by atoms with Gasteiger partial charge in [0.1, 0.15) is 5.52 Å². The third-order valence-electron chi connectivity index (χ3n) is 4.38. The van der Waals surface area contributed by atoms with Gasteiger partial charge < -0.3 is 5.32 Å². The Morgan fingerprint density at radius 1 is 1.00 bits per heavy atom. The predicted octanol–water partition coefficient (Wildman–Crippen LogP) is 3.99. The van der Waals surface area contributed by atoms with Crippen molar-refractivity contribution in [2.75, 3.05) is 5.32 Å². The minimum absolute atomic E-state index is 0.142. The van der Waals surface area contributed by atoms with Gasteiger partial charge in [-0.1, -0.05) is 11.3 Å². The average Bonchev–Trinajstić information content (AvgIpc) is 3.04. The molecule has 6 nitrogen and oxygen atoms in total. The zero-order valence-corrected chi connectivity index (χ0v) is 15.4. The molecule has 4 aromatic rings. The van der Waals surface area contributed by atoms with Gasteiger partial charge in [-0.25, -0.2) is 4.98 Å². The maximum Gasteiger partial charge on any atom is 0.255 e. The van der Waals surface area contributed by atoms with Crippen LogP contribution in [0.2, 0.25) is 0 Å². The highest BCUT2D eigenvalue weighted by Gasteiger charge is 2.13. The number of pyridine rings is 1. The Bertz CT molecular complexity index is 1140. The van der Waals surface area contributed by atoms with Crippen LogP contribution in [0, 0.1) is 20.8 Å². The molecule has 134 valence electrons. The number of carbonyl (C=O) groups is 1. The average molecular weight is 357 g/mol. The highest BCUT2D eigenvalue weighted by atomic mass is 16.1. The molecule has 0 aliphatic carbocycles. The van der Waals surface area contributed by atoms with Crippen LogP contribution >= 0.6 is 0 Å². The Hall–Kier alpha value is -3.54. The SMILES string of the molecule is Cc1cc(C)cc(NC(=O)c2ccc(-n3nnc4cccnc43)c(C)c2)c1. The molecular formula is C21H19N5O. The van der Waals surface area contributed by atoms with Crippen molar-refractivity contribution in [3.05, 3.63) is 77.0 Å². The molecule has 0 unspecified atom stereocenters. The summed E-state index contributed by atoms with van der Waals surface area (Å²) in [5.41, 5.74) is 6.80. The van der Waals surface area contributed by atoms with Crippen LogP contribution in [0.25, 0.3) is 16.9 Å². The molecule has 0 radical (unpaired) electrons. The van der Waals surface area contributed by atoms with E-state index in [1.165, 1.54) is 0 Å². The van der Waals surface area contributed by atoms with Gasteiger partial charge in [-0.2, -0.15) is 4.68 Å². The largest absolute Gasteiger partial charge is 0.322 e. The molecule has 0 atom stereocenters. The van der Waals surface area contributed by atoms with Gasteiger partial charge in [-0.15, -0.1) is 5.10 Å². The maximum atomic E-state index is 12.6. The van der Waals surface area contributed by atoms with Crippen LogP contribution in [0.1, 0.15) is 27.0 Å². The van der Waals surface area contributed by atoms with E-state index in [0.29, 0.717) is 11.2 Å². The summed E-state index contributed by atoms with van der Waals surface area (Å²) in [5.74, 6) is -0.142. The number of nitrogens with one attached hydrogen (secondary N) is 1. The van der Waals surface area contributed by atoms with Crippen LogP contribution < -0.4 is 5.32 Å². The maximum absolute atomic E-state index is 12.6. The number of fused-ring (bicyclic) bond motifs is 1. The van der Waals surface area contributed by atoms with Crippen molar-refractivity contribution in [1.29, 1.82) is 0 Å². The minimum atomic E-state index is -0.142. The molecule has 0 aliphatic heterocycles. The third kappa shape index (κ3) is 3.29. The van der Waals surface area contributed by atoms with Crippen molar-refractivity contribution >= 4 is 22.8 Å². The molecule has 0 aliphatic rings. The molecule has 27 heavy (non-hydrogen) atoms. The monoisotopic (exact) mass is 357 g/mol. The summed E-state index contributed by atoms with van der Waals surface area (Å²) in [6.45, 7) is 5.97. The van der Waals surface area contributed by atoms with Gasteiger partial charge in [0.15, 0.2) is 5.65 Å². The van der Waals surface area contributed by atoms with Gasteiger partial charge in [0.2, 0.25) is 0 Å². The van der Waals surface area contributed by atoms with Crippen molar-refractivity contribution in [2.24, 2.45) is 0 Å². The number of carbonyl (C=O) groups excluding carboxylic acids is 1. The fourth-order valence-electron chi connectivity index (χ4n) is 3.21. The normalized spacial score (nSPS) is 10.9. The topological polar surface area (TPSA) is 72.7 Å². The summed E-state index contributed by atoms with van der Waals surface area (Å²) < 4.78 is 1.69. The summed E-state index contributed by atoms with van der Waals surface area (Å²) >= 11 is 0. The fourth-order valence-corrected chi connectivity index (χ4v) is 3.21. The molecular weight excluding hydrogens is 338 g/mol. The van der Waals surface area contributed by atoms with Gasteiger partial charge in [0, 0.05) is 17.4 Å². The van der Waals surface area contributed by atoms with E-state index >= 15 is 0 Å². The lowest BCUT2D eigenvalue weighted by molar-refractivity contribution is 0.102. The highest BCUT2D eigenvalue weighted by Crippen LogP contribution is 2.20. The Labute approximate surface area is 156 Å². The molecule has 1 N–H and O–H groups in total. The van der Waals surface area contributed by atoms with E-state index < -0.39 is 0 Å². The number of aromatic nitrogens is 4. The number of rotatable bonds is 3. The van der Waals surface area contributed by atoms with E-state index in [-0.39, 0.29) is 5.91 Å². The van der Waals surface area contributed by atoms with E-state index in [9.17, 15) is 4.79 Å². The molecule has 2 aromatic carbocycles. The second-order valence-corrected chi connectivity index (χ2v) is 6.68. The van der Waals surface area contributed by atoms with Gasteiger partial charge in [-0.05, 0) is 79.9 Å². The van der Waals surface area contributed by atoms with Crippen molar-refractivity contribution in [3.8, 4) is 5.69 Å². The van der Waals surface area contributed by atoms with Crippen LogP contribution in [0.15, 0.2) is 54.7 Å². The van der Waals surface area contributed by atoms with Crippen LogP contribution in [0.4, 0.5) is 5.69 Å². The first kappa shape index (κ1) is 16.9. The lowest BCUT2D eigenvalue weighted by Gasteiger charge is -2.10. The number of hydrogen-bond donors (Lipinski definition) is 1. The highest BCUT2D eigenvalue weighted by molar-refractivity contribution is 6.04. The predicted molar refractivity (Wildman–Crippen MR) is 105 cm³/mol. The van der Waals surface area contributed by atoms with Crippen molar-refractivity contribution in [3.63, 3.8) is 0 Å². The number of anilines is 1. The van der Waals surface area contributed by atoms with E-state index in [1.54, 1.807) is 16.9 Å². The second-order valence-electron chi connectivity index (χ2n) is 6.68. The molecule has 0 spiro atoms. The van der Waals surface area contributed by atoms with E-state index in [4.69, 9.17) is 0 Å². The molecule has 6 heteroatoms. The molecule has 1 amide bonds. The first-order valence-electron chi connectivity index (χ1n) is 8.68. The molecule has 0 fully saturated rings. The van der Waals surface area contributed by atoms with Crippen LogP contribution in [0.5, 0.6) is 0 Å². The van der Waals surface area contributed by atoms with Crippen LogP contribution in [0.3, 0.4) is 0 Å². The van der Waals surface area contributed by atoms with Gasteiger partial charge in [0.25, 0.3) is 5.91 Å². The Balaban J connectivity index is 1.64. The molecule has 2 heterocycles. The second kappa shape index (κ2) is 6.64. The lowest BCUT2D eigenvalue weighted by Crippen LogP contribution is -2.13. The van der Waals surface area contributed by atoms with Crippen molar-refractivity contribution in [2.45, 2.75) is 20.8 Å². The Morgan fingerprint density at radius 2 is 1.78 bits per heavy atom. The van der Waals surface area contributed by atoms with Crippen molar-refractivity contribution in [1.82, 2.24) is 20.0 Å². The third-order valence-corrected chi connectivity index (χ3v) is 4.38. The van der Waals surface area contributed by atoms with E-state index in [0.717, 1.165) is 33.6 Å². The van der Waals surface area contributed by atoms with E-state index in [1.807, 2.05) is 57.2 Å². The van der Waals surface area contributed by atoms with Gasteiger partial charge in [0.05, 0.1) is 5.69 Å². The number of benzene rings is 2. The summed E-state index contributed by atoms with van der Waals surface area (Å²) in [7, 11) is 0. The standard InChI is InChI=1S/C21H19N5O/c1-13-9-14(2)11-17(10-13)23-21(27)16-6-7-19(15(3)12-16)26-20-18(24-25-26)5-4-8-22-20/h4-12H,1-3H3,(H,23,27). The summed E-state index contributed by atoms with van der Waals surface area (Å²) in [6.07, 6.45) is 1.71. The van der Waals surface area contributed by atoms with Crippen LogP contribution in [-0.4, -0.2) is 25.9 Å².